The van der Waals surface area contributed by atoms with Crippen molar-refractivity contribution in [2.75, 3.05) is 14.2 Å². The van der Waals surface area contributed by atoms with E-state index in [2.05, 4.69) is 10.3 Å². The lowest BCUT2D eigenvalue weighted by Crippen LogP contribution is -2.18. The van der Waals surface area contributed by atoms with E-state index in [0.717, 1.165) is 16.5 Å². The zero-order chi connectivity index (χ0) is 16.4. The molecule has 4 nitrogen and oxygen atoms in total. The summed E-state index contributed by atoms with van der Waals surface area (Å²) in [6, 6.07) is 14.7. The first kappa shape index (κ1) is 15.3. The molecule has 0 bridgehead atoms. The second kappa shape index (κ2) is 6.26. The van der Waals surface area contributed by atoms with E-state index in [1.54, 1.807) is 26.3 Å². The highest BCUT2D eigenvalue weighted by atomic mass is 35.5. The largest absolute Gasteiger partial charge is 0.496 e. The van der Waals surface area contributed by atoms with E-state index < -0.39 is 0 Å². The van der Waals surface area contributed by atoms with Crippen molar-refractivity contribution in [1.82, 2.24) is 10.3 Å². The van der Waals surface area contributed by atoms with E-state index in [4.69, 9.17) is 16.3 Å². The molecule has 0 spiro atoms. The standard InChI is InChI=1S/C18H15ClN2O2/c1-20-18(22)12-5-3-7-14-11(12)9-10-15(21-14)17-13(19)6-4-8-16(17)23-2/h3-10H,1-2H3,(H,20,22). The van der Waals surface area contributed by atoms with Gasteiger partial charge >= 0.3 is 0 Å². The monoisotopic (exact) mass is 326 g/mol. The van der Waals surface area contributed by atoms with Crippen LogP contribution in [0.3, 0.4) is 0 Å². The predicted octanol–water partition coefficient (Wildman–Crippen LogP) is 3.92. The lowest BCUT2D eigenvalue weighted by atomic mass is 10.0. The maximum atomic E-state index is 12.0. The van der Waals surface area contributed by atoms with Crippen molar-refractivity contribution in [2.24, 2.45) is 0 Å². The normalized spacial score (nSPS) is 10.6. The van der Waals surface area contributed by atoms with Crippen LogP contribution >= 0.6 is 11.6 Å². The number of carbonyl (C=O) groups is 1. The van der Waals surface area contributed by atoms with Gasteiger partial charge in [0.2, 0.25) is 0 Å². The number of rotatable bonds is 3. The van der Waals surface area contributed by atoms with Crippen molar-refractivity contribution in [3.8, 4) is 17.0 Å². The highest BCUT2D eigenvalue weighted by molar-refractivity contribution is 6.33. The van der Waals surface area contributed by atoms with Gasteiger partial charge in [0.25, 0.3) is 5.91 Å². The van der Waals surface area contributed by atoms with Crippen LogP contribution in [-0.4, -0.2) is 25.0 Å². The minimum atomic E-state index is -0.138. The molecule has 2 aromatic carbocycles. The molecule has 1 N–H and O–H groups in total. The Balaban J connectivity index is 2.21. The molecule has 0 aliphatic rings. The van der Waals surface area contributed by atoms with Crippen LogP contribution < -0.4 is 10.1 Å². The molecule has 1 heterocycles. The maximum absolute atomic E-state index is 12.0. The molecule has 1 aromatic heterocycles. The number of fused-ring (bicyclic) bond motifs is 1. The Kier molecular flexibility index (Phi) is 4.17. The van der Waals surface area contributed by atoms with Crippen LogP contribution in [0.25, 0.3) is 22.2 Å². The molecule has 0 atom stereocenters. The molecule has 0 unspecified atom stereocenters. The molecule has 3 aromatic rings. The van der Waals surface area contributed by atoms with Crippen LogP contribution in [0, 0.1) is 0 Å². The Labute approximate surface area is 139 Å². The zero-order valence-corrected chi connectivity index (χ0v) is 13.5. The van der Waals surface area contributed by atoms with Crippen molar-refractivity contribution in [3.05, 3.63) is 59.1 Å². The average Bonchev–Trinajstić information content (AvgIpc) is 2.59. The summed E-state index contributed by atoms with van der Waals surface area (Å²) in [5, 5.41) is 4.00. The van der Waals surface area contributed by atoms with Crippen molar-refractivity contribution in [1.29, 1.82) is 0 Å². The Hall–Kier alpha value is -2.59. The van der Waals surface area contributed by atoms with Crippen molar-refractivity contribution >= 4 is 28.4 Å². The summed E-state index contributed by atoms with van der Waals surface area (Å²) in [5.74, 6) is 0.521. The van der Waals surface area contributed by atoms with Gasteiger partial charge in [0.15, 0.2) is 0 Å². The van der Waals surface area contributed by atoms with Gasteiger partial charge in [-0.15, -0.1) is 0 Å². The Morgan fingerprint density at radius 3 is 2.65 bits per heavy atom. The highest BCUT2D eigenvalue weighted by Crippen LogP contribution is 2.36. The quantitative estimate of drug-likeness (QED) is 0.793. The summed E-state index contributed by atoms with van der Waals surface area (Å²) in [4.78, 5) is 16.6. The van der Waals surface area contributed by atoms with E-state index in [1.807, 2.05) is 36.4 Å². The fourth-order valence-electron chi connectivity index (χ4n) is 2.55. The molecule has 116 valence electrons. The zero-order valence-electron chi connectivity index (χ0n) is 12.8. The number of methoxy groups -OCH3 is 1. The van der Waals surface area contributed by atoms with Crippen LogP contribution in [0.4, 0.5) is 0 Å². The van der Waals surface area contributed by atoms with Gasteiger partial charge < -0.3 is 10.1 Å². The molecule has 0 saturated heterocycles. The van der Waals surface area contributed by atoms with Crippen molar-refractivity contribution in [2.45, 2.75) is 0 Å². The molecule has 5 heteroatoms. The fourth-order valence-corrected chi connectivity index (χ4v) is 2.81. The topological polar surface area (TPSA) is 51.2 Å². The molecular formula is C18H15ClN2O2. The lowest BCUT2D eigenvalue weighted by Gasteiger charge is -2.11. The second-order valence-electron chi connectivity index (χ2n) is 4.96. The van der Waals surface area contributed by atoms with Crippen LogP contribution in [-0.2, 0) is 0 Å². The molecule has 1 amide bonds. The highest BCUT2D eigenvalue weighted by Gasteiger charge is 2.14. The summed E-state index contributed by atoms with van der Waals surface area (Å²) < 4.78 is 5.38. The minimum Gasteiger partial charge on any atom is -0.496 e. The van der Waals surface area contributed by atoms with Gasteiger partial charge in [-0.1, -0.05) is 23.7 Å². The van der Waals surface area contributed by atoms with Gasteiger partial charge in [-0.3, -0.25) is 4.79 Å². The maximum Gasteiger partial charge on any atom is 0.251 e. The third-order valence-corrected chi connectivity index (χ3v) is 3.97. The number of hydrogen-bond donors (Lipinski definition) is 1. The smallest absolute Gasteiger partial charge is 0.251 e. The van der Waals surface area contributed by atoms with Gasteiger partial charge in [0, 0.05) is 18.0 Å². The number of nitrogens with zero attached hydrogens (tertiary/aromatic N) is 1. The first-order valence-electron chi connectivity index (χ1n) is 7.10. The first-order valence-corrected chi connectivity index (χ1v) is 7.48. The van der Waals surface area contributed by atoms with Crippen LogP contribution in [0.2, 0.25) is 5.02 Å². The number of hydrogen-bond acceptors (Lipinski definition) is 3. The van der Waals surface area contributed by atoms with Crippen LogP contribution in [0.15, 0.2) is 48.5 Å². The number of nitrogens with one attached hydrogen (secondary N) is 1. The number of amides is 1. The van der Waals surface area contributed by atoms with E-state index in [1.165, 1.54) is 0 Å². The van der Waals surface area contributed by atoms with Crippen molar-refractivity contribution in [3.63, 3.8) is 0 Å². The summed E-state index contributed by atoms with van der Waals surface area (Å²) in [6.07, 6.45) is 0. The number of aromatic nitrogens is 1. The molecular weight excluding hydrogens is 312 g/mol. The Bertz CT molecular complexity index is 893. The summed E-state index contributed by atoms with van der Waals surface area (Å²) >= 11 is 6.31. The minimum absolute atomic E-state index is 0.138. The van der Waals surface area contributed by atoms with Gasteiger partial charge in [-0.2, -0.15) is 0 Å². The number of halogens is 1. The Morgan fingerprint density at radius 2 is 1.91 bits per heavy atom. The molecule has 0 radical (unpaired) electrons. The molecule has 3 rings (SSSR count). The molecule has 0 fully saturated rings. The number of benzene rings is 2. The third kappa shape index (κ3) is 2.73. The predicted molar refractivity (Wildman–Crippen MR) is 92.1 cm³/mol. The van der Waals surface area contributed by atoms with Gasteiger partial charge in [-0.05, 0) is 36.4 Å². The summed E-state index contributed by atoms with van der Waals surface area (Å²) in [5.41, 5.74) is 2.76. The van der Waals surface area contributed by atoms with E-state index in [-0.39, 0.29) is 5.91 Å². The van der Waals surface area contributed by atoms with E-state index in [0.29, 0.717) is 22.0 Å². The molecule has 23 heavy (non-hydrogen) atoms. The van der Waals surface area contributed by atoms with E-state index >= 15 is 0 Å². The average molecular weight is 327 g/mol. The molecule has 0 saturated carbocycles. The summed E-state index contributed by atoms with van der Waals surface area (Å²) in [7, 11) is 3.21. The van der Waals surface area contributed by atoms with E-state index in [9.17, 15) is 4.79 Å². The number of pyridine rings is 1. The van der Waals surface area contributed by atoms with Crippen molar-refractivity contribution < 1.29 is 9.53 Å². The van der Waals surface area contributed by atoms with Gasteiger partial charge in [0.1, 0.15) is 5.75 Å². The number of ether oxygens (including phenoxy) is 1. The summed E-state index contributed by atoms with van der Waals surface area (Å²) in [6.45, 7) is 0. The van der Waals surface area contributed by atoms with Crippen LogP contribution in [0.5, 0.6) is 5.75 Å². The Morgan fingerprint density at radius 1 is 1.13 bits per heavy atom. The lowest BCUT2D eigenvalue weighted by molar-refractivity contribution is 0.0964. The third-order valence-electron chi connectivity index (χ3n) is 3.66. The first-order chi connectivity index (χ1) is 11.2. The molecule has 0 aliphatic heterocycles. The van der Waals surface area contributed by atoms with Gasteiger partial charge in [-0.25, -0.2) is 4.98 Å². The molecule has 0 aliphatic carbocycles. The fraction of sp³-hybridized carbons (Fsp3) is 0.111. The van der Waals surface area contributed by atoms with Gasteiger partial charge in [0.05, 0.1) is 28.9 Å². The van der Waals surface area contributed by atoms with Crippen LogP contribution in [0.1, 0.15) is 10.4 Å². The number of carbonyl (C=O) groups excluding carboxylic acids is 1. The SMILES string of the molecule is CNC(=O)c1cccc2nc(-c3c(Cl)cccc3OC)ccc12. The second-order valence-corrected chi connectivity index (χ2v) is 5.37.